The summed E-state index contributed by atoms with van der Waals surface area (Å²) in [5.41, 5.74) is 1.29. The predicted octanol–water partition coefficient (Wildman–Crippen LogP) is 3.15. The number of rotatable bonds is 5. The Kier molecular flexibility index (Phi) is 3.99. The van der Waals surface area contributed by atoms with Crippen molar-refractivity contribution in [1.29, 1.82) is 0 Å². The van der Waals surface area contributed by atoms with E-state index < -0.39 is 0 Å². The highest BCUT2D eigenvalue weighted by Crippen LogP contribution is 2.48. The van der Waals surface area contributed by atoms with E-state index in [1.54, 1.807) is 0 Å². The van der Waals surface area contributed by atoms with E-state index in [9.17, 15) is 4.79 Å². The zero-order valence-electron chi connectivity index (χ0n) is 12.8. The maximum absolute atomic E-state index is 12.4. The standard InChI is InChI=1S/C18H23BrN2O/c19-14-3-1-2-13(8-14)16-9-17(16)18(22)20-15-6-7-21(11-15)10-12-4-5-12/h1-3,8,12,15-17H,4-7,9-11H2,(H,20,22). The van der Waals surface area contributed by atoms with Crippen LogP contribution in [-0.4, -0.2) is 36.5 Å². The van der Waals surface area contributed by atoms with Crippen molar-refractivity contribution >= 4 is 21.8 Å². The molecule has 4 rings (SSSR count). The number of halogens is 1. The van der Waals surface area contributed by atoms with Gasteiger partial charge in [0.2, 0.25) is 5.91 Å². The molecule has 0 bridgehead atoms. The Morgan fingerprint density at radius 2 is 2.18 bits per heavy atom. The van der Waals surface area contributed by atoms with Crippen molar-refractivity contribution < 1.29 is 4.79 Å². The van der Waals surface area contributed by atoms with E-state index in [0.29, 0.717) is 12.0 Å². The fraction of sp³-hybridized carbons (Fsp3) is 0.611. The summed E-state index contributed by atoms with van der Waals surface area (Å²) in [6, 6.07) is 8.74. The molecular weight excluding hydrogens is 340 g/mol. The van der Waals surface area contributed by atoms with Crippen molar-refractivity contribution in [3.63, 3.8) is 0 Å². The number of likely N-dealkylation sites (tertiary alicyclic amines) is 1. The Morgan fingerprint density at radius 3 is 2.95 bits per heavy atom. The summed E-state index contributed by atoms with van der Waals surface area (Å²) in [7, 11) is 0. The quantitative estimate of drug-likeness (QED) is 0.872. The highest BCUT2D eigenvalue weighted by Gasteiger charge is 2.44. The van der Waals surface area contributed by atoms with Gasteiger partial charge in [0, 0.05) is 36.1 Å². The molecule has 1 aliphatic heterocycles. The van der Waals surface area contributed by atoms with Crippen LogP contribution in [0.1, 0.15) is 37.2 Å². The van der Waals surface area contributed by atoms with E-state index in [1.165, 1.54) is 24.9 Å². The second kappa shape index (κ2) is 5.97. The van der Waals surface area contributed by atoms with Crippen LogP contribution in [0.2, 0.25) is 0 Å². The van der Waals surface area contributed by atoms with Crippen molar-refractivity contribution in [2.45, 2.75) is 37.6 Å². The van der Waals surface area contributed by atoms with Gasteiger partial charge in [0.05, 0.1) is 0 Å². The monoisotopic (exact) mass is 362 g/mol. The second-order valence-electron chi connectivity index (χ2n) is 7.20. The molecule has 3 unspecified atom stereocenters. The van der Waals surface area contributed by atoms with Gasteiger partial charge in [-0.3, -0.25) is 4.79 Å². The van der Waals surface area contributed by atoms with Crippen molar-refractivity contribution in [2.24, 2.45) is 11.8 Å². The third-order valence-electron chi connectivity index (χ3n) is 5.24. The van der Waals surface area contributed by atoms with E-state index in [2.05, 4.69) is 44.3 Å². The normalized spacial score (nSPS) is 31.2. The molecular formula is C18H23BrN2O. The third kappa shape index (κ3) is 3.38. The molecule has 1 amide bonds. The number of benzene rings is 1. The maximum atomic E-state index is 12.4. The average molecular weight is 363 g/mol. The molecule has 3 aliphatic rings. The fourth-order valence-corrected chi connectivity index (χ4v) is 4.10. The molecule has 4 heteroatoms. The summed E-state index contributed by atoms with van der Waals surface area (Å²) in [6.45, 7) is 3.45. The highest BCUT2D eigenvalue weighted by molar-refractivity contribution is 9.10. The minimum Gasteiger partial charge on any atom is -0.352 e. The number of nitrogens with one attached hydrogen (secondary N) is 1. The van der Waals surface area contributed by atoms with Crippen LogP contribution in [-0.2, 0) is 4.79 Å². The van der Waals surface area contributed by atoms with Gasteiger partial charge in [-0.15, -0.1) is 0 Å². The van der Waals surface area contributed by atoms with Crippen LogP contribution in [0.15, 0.2) is 28.7 Å². The van der Waals surface area contributed by atoms with Gasteiger partial charge in [-0.2, -0.15) is 0 Å². The SMILES string of the molecule is O=C(NC1CCN(CC2CC2)C1)C1CC1c1cccc(Br)c1. The Labute approximate surface area is 140 Å². The second-order valence-corrected chi connectivity index (χ2v) is 8.12. The molecule has 1 heterocycles. The van der Waals surface area contributed by atoms with Crippen LogP contribution in [0, 0.1) is 11.8 Å². The van der Waals surface area contributed by atoms with Crippen LogP contribution in [0.4, 0.5) is 0 Å². The molecule has 1 aromatic rings. The van der Waals surface area contributed by atoms with Gasteiger partial charge in [0.1, 0.15) is 0 Å². The van der Waals surface area contributed by atoms with E-state index >= 15 is 0 Å². The molecule has 0 spiro atoms. The number of carbonyl (C=O) groups excluding carboxylic acids is 1. The number of amides is 1. The first-order valence-corrected chi connectivity index (χ1v) is 9.26. The topological polar surface area (TPSA) is 32.3 Å². The van der Waals surface area contributed by atoms with Gasteiger partial charge in [0.15, 0.2) is 0 Å². The predicted molar refractivity (Wildman–Crippen MR) is 90.7 cm³/mol. The Bertz CT molecular complexity index is 572. The number of carbonyl (C=O) groups is 1. The molecule has 2 aliphatic carbocycles. The summed E-state index contributed by atoms with van der Waals surface area (Å²) in [6.07, 6.45) is 4.93. The molecule has 0 radical (unpaired) electrons. The Morgan fingerprint density at radius 1 is 1.32 bits per heavy atom. The smallest absolute Gasteiger partial charge is 0.224 e. The van der Waals surface area contributed by atoms with E-state index in [4.69, 9.17) is 0 Å². The van der Waals surface area contributed by atoms with Gasteiger partial charge < -0.3 is 10.2 Å². The van der Waals surface area contributed by atoms with Crippen molar-refractivity contribution in [3.05, 3.63) is 34.3 Å². The van der Waals surface area contributed by atoms with E-state index in [-0.39, 0.29) is 11.8 Å². The molecule has 22 heavy (non-hydrogen) atoms. The van der Waals surface area contributed by atoms with Crippen LogP contribution in [0.25, 0.3) is 0 Å². The summed E-state index contributed by atoms with van der Waals surface area (Å²) >= 11 is 3.51. The fourth-order valence-electron chi connectivity index (χ4n) is 3.68. The molecule has 1 saturated heterocycles. The average Bonchev–Trinajstić information content (AvgIpc) is 3.39. The Balaban J connectivity index is 1.27. The van der Waals surface area contributed by atoms with Gasteiger partial charge in [-0.25, -0.2) is 0 Å². The van der Waals surface area contributed by atoms with Crippen LogP contribution >= 0.6 is 15.9 Å². The first-order chi connectivity index (χ1) is 10.7. The lowest BCUT2D eigenvalue weighted by Gasteiger charge is -2.16. The Hall–Kier alpha value is -0.870. The molecule has 1 aromatic carbocycles. The maximum Gasteiger partial charge on any atom is 0.224 e. The minimum atomic E-state index is 0.187. The number of nitrogens with zero attached hydrogens (tertiary/aromatic N) is 1. The summed E-state index contributed by atoms with van der Waals surface area (Å²) < 4.78 is 1.10. The lowest BCUT2D eigenvalue weighted by atomic mass is 10.1. The van der Waals surface area contributed by atoms with Gasteiger partial charge in [-0.05, 0) is 55.2 Å². The van der Waals surface area contributed by atoms with E-state index in [1.807, 2.05) is 6.07 Å². The molecule has 2 saturated carbocycles. The molecule has 1 N–H and O–H groups in total. The molecule has 118 valence electrons. The first-order valence-electron chi connectivity index (χ1n) is 8.47. The lowest BCUT2D eigenvalue weighted by Crippen LogP contribution is -2.38. The van der Waals surface area contributed by atoms with Crippen molar-refractivity contribution in [2.75, 3.05) is 19.6 Å². The zero-order chi connectivity index (χ0) is 15.1. The molecule has 3 atom stereocenters. The number of hydrogen-bond donors (Lipinski definition) is 1. The van der Waals surface area contributed by atoms with Crippen LogP contribution in [0.5, 0.6) is 0 Å². The minimum absolute atomic E-state index is 0.187. The largest absolute Gasteiger partial charge is 0.352 e. The van der Waals surface area contributed by atoms with Crippen LogP contribution < -0.4 is 5.32 Å². The van der Waals surface area contributed by atoms with Crippen molar-refractivity contribution in [1.82, 2.24) is 10.2 Å². The zero-order valence-corrected chi connectivity index (χ0v) is 14.4. The molecule has 0 aromatic heterocycles. The van der Waals surface area contributed by atoms with Gasteiger partial charge in [0.25, 0.3) is 0 Å². The lowest BCUT2D eigenvalue weighted by molar-refractivity contribution is -0.123. The summed E-state index contributed by atoms with van der Waals surface area (Å²) in [4.78, 5) is 15.0. The molecule has 3 nitrogen and oxygen atoms in total. The summed E-state index contributed by atoms with van der Waals surface area (Å²) in [5.74, 6) is 1.82. The van der Waals surface area contributed by atoms with Crippen LogP contribution in [0.3, 0.4) is 0 Å². The first kappa shape index (κ1) is 14.7. The molecule has 3 fully saturated rings. The van der Waals surface area contributed by atoms with E-state index in [0.717, 1.165) is 36.3 Å². The van der Waals surface area contributed by atoms with Gasteiger partial charge >= 0.3 is 0 Å². The highest BCUT2D eigenvalue weighted by atomic mass is 79.9. The van der Waals surface area contributed by atoms with Gasteiger partial charge in [-0.1, -0.05) is 28.1 Å². The third-order valence-corrected chi connectivity index (χ3v) is 5.73. The number of hydrogen-bond acceptors (Lipinski definition) is 2. The van der Waals surface area contributed by atoms with Crippen molar-refractivity contribution in [3.8, 4) is 0 Å². The summed E-state index contributed by atoms with van der Waals surface area (Å²) in [5, 5.41) is 3.29.